The standard InChI is InChI=1S/C20H30N4O/c1-22-9-4-5-17-13-16(6-7-19(17)22)14-21-20(25)24-12-8-18(15-24)23-10-2-3-11-23/h6-7,13,18H,2-5,8-12,14-15H2,1H3,(H,21,25)/t18-/m1/s1. The van der Waals surface area contributed by atoms with E-state index in [1.807, 2.05) is 4.90 Å². The van der Waals surface area contributed by atoms with Gasteiger partial charge in [0.25, 0.3) is 0 Å². The first-order valence-corrected chi connectivity index (χ1v) is 9.80. The Kier molecular flexibility index (Phi) is 4.84. The predicted octanol–water partition coefficient (Wildman–Crippen LogP) is 2.45. The van der Waals surface area contributed by atoms with Crippen LogP contribution in [0.4, 0.5) is 10.5 Å². The molecule has 3 aliphatic rings. The number of nitrogens with zero attached hydrogens (tertiary/aromatic N) is 3. The molecule has 3 aliphatic heterocycles. The van der Waals surface area contributed by atoms with Crippen LogP contribution in [0.1, 0.15) is 36.8 Å². The second-order valence-corrected chi connectivity index (χ2v) is 7.78. The van der Waals surface area contributed by atoms with E-state index in [1.165, 1.54) is 49.2 Å². The third-order valence-electron chi connectivity index (χ3n) is 6.05. The molecule has 1 aromatic carbocycles. The highest BCUT2D eigenvalue weighted by molar-refractivity contribution is 5.74. The van der Waals surface area contributed by atoms with Gasteiger partial charge in [-0.05, 0) is 62.4 Å². The molecule has 5 nitrogen and oxygen atoms in total. The lowest BCUT2D eigenvalue weighted by atomic mass is 9.99. The summed E-state index contributed by atoms with van der Waals surface area (Å²) in [6.45, 7) is 5.97. The van der Waals surface area contributed by atoms with Gasteiger partial charge in [-0.25, -0.2) is 4.79 Å². The normalized spacial score (nSPS) is 23.8. The highest BCUT2D eigenvalue weighted by Crippen LogP contribution is 2.27. The predicted molar refractivity (Wildman–Crippen MR) is 101 cm³/mol. The van der Waals surface area contributed by atoms with Crippen LogP contribution in [0.2, 0.25) is 0 Å². The number of hydrogen-bond acceptors (Lipinski definition) is 3. The highest BCUT2D eigenvalue weighted by atomic mass is 16.2. The Morgan fingerprint density at radius 1 is 1.16 bits per heavy atom. The Morgan fingerprint density at radius 3 is 2.84 bits per heavy atom. The maximum Gasteiger partial charge on any atom is 0.317 e. The summed E-state index contributed by atoms with van der Waals surface area (Å²) in [6, 6.07) is 7.29. The third-order valence-corrected chi connectivity index (χ3v) is 6.05. The minimum Gasteiger partial charge on any atom is -0.374 e. The van der Waals surface area contributed by atoms with Crippen LogP contribution in [0.3, 0.4) is 0 Å². The van der Waals surface area contributed by atoms with E-state index < -0.39 is 0 Å². The van der Waals surface area contributed by atoms with Crippen molar-refractivity contribution in [2.75, 3.05) is 44.7 Å². The van der Waals surface area contributed by atoms with Crippen LogP contribution >= 0.6 is 0 Å². The number of fused-ring (bicyclic) bond motifs is 1. The van der Waals surface area contributed by atoms with E-state index in [-0.39, 0.29) is 6.03 Å². The van der Waals surface area contributed by atoms with Gasteiger partial charge in [0.15, 0.2) is 0 Å². The van der Waals surface area contributed by atoms with Gasteiger partial charge in [-0.3, -0.25) is 4.90 Å². The molecule has 0 saturated carbocycles. The summed E-state index contributed by atoms with van der Waals surface area (Å²) < 4.78 is 0. The molecule has 1 N–H and O–H groups in total. The number of benzene rings is 1. The zero-order valence-electron chi connectivity index (χ0n) is 15.3. The number of anilines is 1. The third kappa shape index (κ3) is 3.61. The topological polar surface area (TPSA) is 38.8 Å². The van der Waals surface area contributed by atoms with Gasteiger partial charge in [-0.15, -0.1) is 0 Å². The van der Waals surface area contributed by atoms with Crippen molar-refractivity contribution in [2.45, 2.75) is 44.7 Å². The van der Waals surface area contributed by atoms with Crippen molar-refractivity contribution in [2.24, 2.45) is 0 Å². The number of carbonyl (C=O) groups is 1. The molecule has 0 spiro atoms. The molecule has 2 fully saturated rings. The van der Waals surface area contributed by atoms with Crippen LogP contribution < -0.4 is 10.2 Å². The molecule has 0 bridgehead atoms. The van der Waals surface area contributed by atoms with Gasteiger partial charge < -0.3 is 15.1 Å². The molecule has 2 amide bonds. The molecule has 136 valence electrons. The summed E-state index contributed by atoms with van der Waals surface area (Å²) in [4.78, 5) is 19.4. The fourth-order valence-electron chi connectivity index (χ4n) is 4.57. The van der Waals surface area contributed by atoms with E-state index in [2.05, 4.69) is 40.4 Å². The van der Waals surface area contributed by atoms with Gasteiger partial charge in [0.05, 0.1) is 0 Å². The SMILES string of the molecule is CN1CCCc2cc(CNC(=O)N3CC[C@@H](N4CCCC4)C3)ccc21. The van der Waals surface area contributed by atoms with Crippen LogP contribution in [0.15, 0.2) is 18.2 Å². The molecule has 25 heavy (non-hydrogen) atoms. The molecule has 1 atom stereocenters. The number of likely N-dealkylation sites (tertiary alicyclic amines) is 2. The fourth-order valence-corrected chi connectivity index (χ4v) is 4.57. The molecule has 0 radical (unpaired) electrons. The molecule has 0 aliphatic carbocycles. The molecule has 1 aromatic rings. The number of urea groups is 1. The molecule has 4 rings (SSSR count). The van der Waals surface area contributed by atoms with E-state index in [1.54, 1.807) is 0 Å². The summed E-state index contributed by atoms with van der Waals surface area (Å²) in [7, 11) is 2.16. The average molecular weight is 342 g/mol. The smallest absolute Gasteiger partial charge is 0.317 e. The monoisotopic (exact) mass is 342 g/mol. The Labute approximate surface area is 151 Å². The highest BCUT2D eigenvalue weighted by Gasteiger charge is 2.31. The number of hydrogen-bond donors (Lipinski definition) is 1. The first-order valence-electron chi connectivity index (χ1n) is 9.80. The van der Waals surface area contributed by atoms with Crippen molar-refractivity contribution in [3.63, 3.8) is 0 Å². The Hall–Kier alpha value is -1.75. The lowest BCUT2D eigenvalue weighted by Crippen LogP contribution is -2.41. The van der Waals surface area contributed by atoms with Crippen LogP contribution in [-0.2, 0) is 13.0 Å². The van der Waals surface area contributed by atoms with Crippen LogP contribution in [0, 0.1) is 0 Å². The molecule has 0 unspecified atom stereocenters. The summed E-state index contributed by atoms with van der Waals surface area (Å²) >= 11 is 0. The number of carbonyl (C=O) groups excluding carboxylic acids is 1. The first-order chi connectivity index (χ1) is 12.2. The van der Waals surface area contributed by atoms with E-state index in [9.17, 15) is 4.79 Å². The van der Waals surface area contributed by atoms with Gasteiger partial charge >= 0.3 is 6.03 Å². The zero-order valence-corrected chi connectivity index (χ0v) is 15.3. The quantitative estimate of drug-likeness (QED) is 0.917. The van der Waals surface area contributed by atoms with Crippen molar-refractivity contribution in [1.29, 1.82) is 0 Å². The summed E-state index contributed by atoms with van der Waals surface area (Å²) in [6.07, 6.45) is 6.11. The summed E-state index contributed by atoms with van der Waals surface area (Å²) in [5, 5.41) is 3.12. The molecular weight excluding hydrogens is 312 g/mol. The van der Waals surface area contributed by atoms with Crippen molar-refractivity contribution >= 4 is 11.7 Å². The van der Waals surface area contributed by atoms with Crippen molar-refractivity contribution in [3.05, 3.63) is 29.3 Å². The van der Waals surface area contributed by atoms with Crippen molar-refractivity contribution < 1.29 is 4.79 Å². The Balaban J connectivity index is 1.30. The molecule has 3 heterocycles. The average Bonchev–Trinajstić information content (AvgIpc) is 3.31. The lowest BCUT2D eigenvalue weighted by Gasteiger charge is -2.28. The van der Waals surface area contributed by atoms with E-state index >= 15 is 0 Å². The summed E-state index contributed by atoms with van der Waals surface area (Å²) in [5.74, 6) is 0. The maximum atomic E-state index is 12.5. The Morgan fingerprint density at radius 2 is 2.00 bits per heavy atom. The molecular formula is C20H30N4O. The summed E-state index contributed by atoms with van der Waals surface area (Å²) in [5.41, 5.74) is 3.96. The van der Waals surface area contributed by atoms with Crippen LogP contribution in [0.5, 0.6) is 0 Å². The van der Waals surface area contributed by atoms with Crippen LogP contribution in [-0.4, -0.2) is 61.6 Å². The minimum absolute atomic E-state index is 0.0940. The molecule has 5 heteroatoms. The van der Waals surface area contributed by atoms with E-state index in [0.717, 1.165) is 32.5 Å². The van der Waals surface area contributed by atoms with Crippen molar-refractivity contribution in [1.82, 2.24) is 15.1 Å². The van der Waals surface area contributed by atoms with Gasteiger partial charge in [-0.1, -0.05) is 12.1 Å². The minimum atomic E-state index is 0.0940. The van der Waals surface area contributed by atoms with Crippen molar-refractivity contribution in [3.8, 4) is 0 Å². The van der Waals surface area contributed by atoms with Gasteiger partial charge in [0.1, 0.15) is 0 Å². The lowest BCUT2D eigenvalue weighted by molar-refractivity contribution is 0.198. The van der Waals surface area contributed by atoms with Gasteiger partial charge in [0.2, 0.25) is 0 Å². The van der Waals surface area contributed by atoms with Crippen LogP contribution in [0.25, 0.3) is 0 Å². The maximum absolute atomic E-state index is 12.5. The largest absolute Gasteiger partial charge is 0.374 e. The number of amides is 2. The van der Waals surface area contributed by atoms with Gasteiger partial charge in [0, 0.05) is 45.0 Å². The molecule has 0 aromatic heterocycles. The van der Waals surface area contributed by atoms with Gasteiger partial charge in [-0.2, -0.15) is 0 Å². The molecule has 2 saturated heterocycles. The second-order valence-electron chi connectivity index (χ2n) is 7.78. The number of aryl methyl sites for hydroxylation is 1. The number of nitrogens with one attached hydrogen (secondary N) is 1. The van der Waals surface area contributed by atoms with E-state index in [0.29, 0.717) is 12.6 Å². The zero-order chi connectivity index (χ0) is 17.2. The second kappa shape index (κ2) is 7.24. The number of rotatable bonds is 3. The first kappa shape index (κ1) is 16.7. The Bertz CT molecular complexity index is 626. The fraction of sp³-hybridized carbons (Fsp3) is 0.650. The van der Waals surface area contributed by atoms with E-state index in [4.69, 9.17) is 0 Å².